The van der Waals surface area contributed by atoms with Gasteiger partial charge >= 0.3 is 5.97 Å². The Balaban J connectivity index is 0.00000204. The fourth-order valence-corrected chi connectivity index (χ4v) is 6.31. The number of carboxylic acids is 1. The average molecular weight is 571 g/mol. The summed E-state index contributed by atoms with van der Waals surface area (Å²) in [5.41, 5.74) is 6.59. The van der Waals surface area contributed by atoms with E-state index in [1.54, 1.807) is 5.38 Å². The number of nitrogen functional groups attached to an aromatic ring is 1. The monoisotopic (exact) mass is 569 g/mol. The molecule has 0 aliphatic carbocycles. The lowest BCUT2D eigenvalue weighted by molar-refractivity contribution is -0.893. The zero-order valence-electron chi connectivity index (χ0n) is 18.6. The quantitative estimate of drug-likeness (QED) is 0.194. The Morgan fingerprint density at radius 3 is 2.57 bits per heavy atom. The largest absolute Gasteiger partial charge is 0.477 e. The number of fused-ring (bicyclic) bond motifs is 1. The number of hydrogen-bond donors (Lipinski definition) is 3. The summed E-state index contributed by atoms with van der Waals surface area (Å²) in [5.74, 6) is -1.71. The number of likely N-dealkylation sites (N-methyl/N-ethyl adjacent to an activating group) is 1. The van der Waals surface area contributed by atoms with Gasteiger partial charge in [0.25, 0.3) is 11.8 Å². The van der Waals surface area contributed by atoms with E-state index in [0.717, 1.165) is 47.3 Å². The number of likely N-dealkylation sites (tertiary alicyclic amines) is 1. The molecule has 0 bridgehead atoms. The number of thioether (sulfide) groups is 1. The van der Waals surface area contributed by atoms with Gasteiger partial charge in [-0.3, -0.25) is 14.5 Å². The van der Waals surface area contributed by atoms with Gasteiger partial charge in [0.05, 0.1) is 20.1 Å². The molecule has 1 aromatic rings. The molecule has 2 saturated heterocycles. The molecule has 2 atom stereocenters. The summed E-state index contributed by atoms with van der Waals surface area (Å²) in [5, 5.41) is 17.6. The Morgan fingerprint density at radius 2 is 2.03 bits per heavy atom. The topological polar surface area (TPSA) is 147 Å². The lowest BCUT2D eigenvalue weighted by Gasteiger charge is -2.49. The van der Waals surface area contributed by atoms with E-state index in [2.05, 4.69) is 22.5 Å². The van der Waals surface area contributed by atoms with Gasteiger partial charge < -0.3 is 25.5 Å². The average Bonchev–Trinajstić information content (AvgIpc) is 3.37. The summed E-state index contributed by atoms with van der Waals surface area (Å²) >= 11 is 2.61. The zero-order chi connectivity index (χ0) is 23.0. The molecule has 2 amide bonds. The number of rotatable bonds is 7. The number of thiazole rings is 1. The molecule has 3 aliphatic rings. The van der Waals surface area contributed by atoms with Crippen LogP contribution in [0.2, 0.25) is 0 Å². The molecule has 1 aromatic heterocycles. The van der Waals surface area contributed by atoms with Crippen LogP contribution in [0.15, 0.2) is 21.8 Å². The second-order valence-corrected chi connectivity index (χ2v) is 10.2. The van der Waals surface area contributed by atoms with Crippen LogP contribution in [0.4, 0.5) is 5.13 Å². The maximum absolute atomic E-state index is 12.9. The second-order valence-electron chi connectivity index (χ2n) is 8.24. The minimum absolute atomic E-state index is 0. The number of aliphatic carboxylic acids is 1. The number of oxime groups is 1. The van der Waals surface area contributed by atoms with Crippen molar-refractivity contribution in [1.82, 2.24) is 15.2 Å². The fourth-order valence-electron chi connectivity index (χ4n) is 4.42. The molecule has 2 unspecified atom stereocenters. The molecule has 35 heavy (non-hydrogen) atoms. The normalized spacial score (nSPS) is 22.6. The van der Waals surface area contributed by atoms with Gasteiger partial charge in [-0.15, -0.1) is 47.9 Å². The molecule has 4 heterocycles. The molecule has 4 rings (SSSR count). The first kappa shape index (κ1) is 31.0. The van der Waals surface area contributed by atoms with Gasteiger partial charge in [0.1, 0.15) is 36.5 Å². The highest BCUT2D eigenvalue weighted by molar-refractivity contribution is 8.00. The summed E-state index contributed by atoms with van der Waals surface area (Å²) < 4.78 is 0.785. The van der Waals surface area contributed by atoms with Crippen LogP contribution >= 0.6 is 47.9 Å². The maximum Gasteiger partial charge on any atom is 0.352 e. The number of aromatic nitrogens is 1. The van der Waals surface area contributed by atoms with Crippen molar-refractivity contribution < 1.29 is 28.8 Å². The minimum atomic E-state index is -1.12. The van der Waals surface area contributed by atoms with Crippen molar-refractivity contribution in [3.05, 3.63) is 22.3 Å². The number of carbonyl (C=O) groups is 3. The van der Waals surface area contributed by atoms with E-state index >= 15 is 0 Å². The highest BCUT2D eigenvalue weighted by atomic mass is 35.5. The molecule has 0 spiro atoms. The molecule has 4 N–H and O–H groups in total. The molecule has 196 valence electrons. The van der Waals surface area contributed by atoms with E-state index < -0.39 is 29.2 Å². The number of quaternary nitrogens is 1. The van der Waals surface area contributed by atoms with Crippen molar-refractivity contribution in [3.8, 4) is 0 Å². The highest BCUT2D eigenvalue weighted by Gasteiger charge is 2.55. The second kappa shape index (κ2) is 12.3. The first-order chi connectivity index (χ1) is 15.2. The van der Waals surface area contributed by atoms with Crippen molar-refractivity contribution in [3.63, 3.8) is 0 Å². The van der Waals surface area contributed by atoms with Crippen LogP contribution in [0.25, 0.3) is 0 Å². The first-order valence-electron chi connectivity index (χ1n) is 10.1. The van der Waals surface area contributed by atoms with E-state index in [1.807, 2.05) is 0 Å². The van der Waals surface area contributed by atoms with Gasteiger partial charge in [-0.05, 0) is 0 Å². The molecule has 15 heteroatoms. The molecule has 3 aliphatic heterocycles. The number of β-lactam (4-membered cyclic amide) rings is 1. The van der Waals surface area contributed by atoms with Crippen LogP contribution in [-0.4, -0.2) is 93.9 Å². The third-order valence-corrected chi connectivity index (χ3v) is 7.93. The number of hydrogen-bond acceptors (Lipinski definition) is 9. The third kappa shape index (κ3) is 6.02. The van der Waals surface area contributed by atoms with Crippen LogP contribution in [-0.2, 0) is 19.2 Å². The van der Waals surface area contributed by atoms with Crippen molar-refractivity contribution in [2.45, 2.75) is 31.7 Å². The maximum atomic E-state index is 12.9. The standard InChI is InChI=1S/C19H24N6O5S2.CH4.2ClH/c1-25(5-3-4-6-25)7-10-8-31-17-13(16(27)24(17)14(10)18(28)29)22-15(26)12(23-30-2)11-9-32-19(20)21-11;;;/h9,13,17H,3-8H2,1-2H3,(H3-,20,21,22,26,28,29);1H4;2*1H/p+1/b23-12+;;;. The molecule has 0 saturated carbocycles. The SMILES string of the molecule is C.CO/N=C(/C(=O)NC1C(=O)N2C(C(=O)O)=C(C[N+]3(C)CCCC3)CSC12)c1csc(N)n1.Cl.Cl. The van der Waals surface area contributed by atoms with Crippen LogP contribution in [0, 0.1) is 0 Å². The van der Waals surface area contributed by atoms with E-state index in [-0.39, 0.29) is 54.5 Å². The number of halogens is 2. The Hall–Kier alpha value is -2.06. The number of nitrogens with one attached hydrogen (secondary N) is 1. The zero-order valence-corrected chi connectivity index (χ0v) is 21.8. The van der Waals surface area contributed by atoms with Gasteiger partial charge in [-0.2, -0.15) is 0 Å². The molecule has 0 aromatic carbocycles. The third-order valence-electron chi connectivity index (χ3n) is 5.92. The van der Waals surface area contributed by atoms with Gasteiger partial charge in [-0.1, -0.05) is 12.6 Å². The summed E-state index contributed by atoms with van der Waals surface area (Å²) in [4.78, 5) is 47.9. The van der Waals surface area contributed by atoms with Crippen molar-refractivity contribution >= 4 is 76.5 Å². The van der Waals surface area contributed by atoms with Crippen molar-refractivity contribution in [1.29, 1.82) is 0 Å². The Kier molecular flexibility index (Phi) is 10.8. The van der Waals surface area contributed by atoms with Gasteiger partial charge in [0, 0.05) is 29.5 Å². The summed E-state index contributed by atoms with van der Waals surface area (Å²) in [6.45, 7) is 2.61. The molecule has 2 fully saturated rings. The van der Waals surface area contributed by atoms with E-state index in [4.69, 9.17) is 10.6 Å². The van der Waals surface area contributed by atoms with Crippen LogP contribution in [0.5, 0.6) is 0 Å². The van der Waals surface area contributed by atoms with Crippen LogP contribution in [0.1, 0.15) is 26.0 Å². The summed E-state index contributed by atoms with van der Waals surface area (Å²) in [6.07, 6.45) is 2.24. The lowest BCUT2D eigenvalue weighted by atomic mass is 10.0. The molecule has 11 nitrogen and oxygen atoms in total. The van der Waals surface area contributed by atoms with E-state index in [1.165, 1.54) is 23.8 Å². The predicted octanol–water partition coefficient (Wildman–Crippen LogP) is 1.53. The summed E-state index contributed by atoms with van der Waals surface area (Å²) in [6, 6.07) is -0.863. The number of anilines is 1. The predicted molar refractivity (Wildman–Crippen MR) is 141 cm³/mol. The molecule has 0 radical (unpaired) electrons. The van der Waals surface area contributed by atoms with Gasteiger partial charge in [-0.25, -0.2) is 9.78 Å². The fraction of sp³-hybridized carbons (Fsp3) is 0.550. The lowest BCUT2D eigenvalue weighted by Crippen LogP contribution is -2.71. The Morgan fingerprint density at radius 1 is 1.37 bits per heavy atom. The Bertz CT molecular complexity index is 1030. The number of carboxylic acid groups (broad SMARTS) is 1. The van der Waals surface area contributed by atoms with E-state index in [9.17, 15) is 19.5 Å². The molecular weight excluding hydrogens is 539 g/mol. The summed E-state index contributed by atoms with van der Waals surface area (Å²) in [7, 11) is 3.42. The van der Waals surface area contributed by atoms with Crippen molar-refractivity contribution in [2.75, 3.05) is 45.3 Å². The van der Waals surface area contributed by atoms with Gasteiger partial charge in [0.15, 0.2) is 10.8 Å². The number of nitrogens with zero attached hydrogens (tertiary/aromatic N) is 4. The Labute approximate surface area is 224 Å². The van der Waals surface area contributed by atoms with Crippen LogP contribution < -0.4 is 11.1 Å². The molecular formula is C20H31Cl2N6O5S2+. The minimum Gasteiger partial charge on any atom is -0.477 e. The van der Waals surface area contributed by atoms with Crippen molar-refractivity contribution in [2.24, 2.45) is 5.16 Å². The highest BCUT2D eigenvalue weighted by Crippen LogP contribution is 2.41. The first-order valence-corrected chi connectivity index (χ1v) is 12.0. The van der Waals surface area contributed by atoms with E-state index in [0.29, 0.717) is 12.3 Å². The number of carbonyl (C=O) groups excluding carboxylic acids is 2. The van der Waals surface area contributed by atoms with Crippen LogP contribution in [0.3, 0.4) is 0 Å². The van der Waals surface area contributed by atoms with Gasteiger partial charge in [0.2, 0.25) is 0 Å². The number of nitrogens with two attached hydrogens (primary N) is 1. The smallest absolute Gasteiger partial charge is 0.352 e. The number of amides is 2.